The third-order valence-electron chi connectivity index (χ3n) is 2.74. The molecule has 2 heterocycles. The third kappa shape index (κ3) is 2.45. The van der Waals surface area contributed by atoms with Gasteiger partial charge in [0.25, 0.3) is 0 Å². The highest BCUT2D eigenvalue weighted by Gasteiger charge is 2.24. The first kappa shape index (κ1) is 12.4. The molecule has 1 aliphatic rings. The van der Waals surface area contributed by atoms with Crippen molar-refractivity contribution >= 4 is 35.0 Å². The molecule has 0 amide bonds. The summed E-state index contributed by atoms with van der Waals surface area (Å²) in [5.74, 6) is 2.88. The predicted molar refractivity (Wildman–Crippen MR) is 69.5 cm³/mol. The molecule has 16 heavy (non-hydrogen) atoms. The zero-order valence-electron chi connectivity index (χ0n) is 9.20. The predicted octanol–water partition coefficient (Wildman–Crippen LogP) is 2.81. The van der Waals surface area contributed by atoms with Crippen molar-refractivity contribution in [3.63, 3.8) is 0 Å². The van der Waals surface area contributed by atoms with Crippen molar-refractivity contribution in [2.24, 2.45) is 0 Å². The third-order valence-corrected chi connectivity index (χ3v) is 4.50. The molecule has 0 saturated carbocycles. The van der Waals surface area contributed by atoms with Gasteiger partial charge in [-0.1, -0.05) is 23.2 Å². The van der Waals surface area contributed by atoms with Crippen LogP contribution in [0, 0.1) is 6.92 Å². The zero-order valence-corrected chi connectivity index (χ0v) is 11.5. The molecule has 2 rings (SSSR count). The van der Waals surface area contributed by atoms with Crippen molar-refractivity contribution in [1.82, 2.24) is 14.9 Å². The molecule has 1 saturated heterocycles. The Morgan fingerprint density at radius 2 is 1.94 bits per heavy atom. The maximum atomic E-state index is 6.03. The van der Waals surface area contributed by atoms with Gasteiger partial charge in [-0.15, -0.1) is 0 Å². The van der Waals surface area contributed by atoms with Gasteiger partial charge in [-0.2, -0.15) is 11.8 Å². The molecule has 1 aromatic heterocycles. The number of hydrogen-bond acceptors (Lipinski definition) is 4. The van der Waals surface area contributed by atoms with Gasteiger partial charge in [-0.3, -0.25) is 4.90 Å². The Morgan fingerprint density at radius 3 is 2.50 bits per heavy atom. The first-order chi connectivity index (χ1) is 7.59. The minimum atomic E-state index is 0.217. The molecule has 0 aliphatic carbocycles. The van der Waals surface area contributed by atoms with Crippen molar-refractivity contribution in [3.05, 3.63) is 21.7 Å². The summed E-state index contributed by atoms with van der Waals surface area (Å²) < 4.78 is 0. The first-order valence-corrected chi connectivity index (χ1v) is 6.98. The maximum Gasteiger partial charge on any atom is 0.149 e. The smallest absolute Gasteiger partial charge is 0.149 e. The summed E-state index contributed by atoms with van der Waals surface area (Å²) in [5.41, 5.74) is 0.748. The highest BCUT2D eigenvalue weighted by atomic mass is 35.5. The summed E-state index contributed by atoms with van der Waals surface area (Å²) >= 11 is 14.0. The van der Waals surface area contributed by atoms with Crippen molar-refractivity contribution in [3.8, 4) is 0 Å². The van der Waals surface area contributed by atoms with Gasteiger partial charge in [0.15, 0.2) is 0 Å². The summed E-state index contributed by atoms with van der Waals surface area (Å²) in [4.78, 5) is 10.9. The van der Waals surface area contributed by atoms with E-state index in [-0.39, 0.29) is 6.04 Å². The van der Waals surface area contributed by atoms with Crippen LogP contribution in [0.4, 0.5) is 0 Å². The van der Waals surface area contributed by atoms with E-state index in [1.165, 1.54) is 0 Å². The molecule has 1 aromatic rings. The van der Waals surface area contributed by atoms with Gasteiger partial charge in [0.1, 0.15) is 16.1 Å². The monoisotopic (exact) mass is 277 g/mol. The Morgan fingerprint density at radius 1 is 1.31 bits per heavy atom. The molecule has 3 nitrogen and oxygen atoms in total. The largest absolute Gasteiger partial charge is 0.295 e. The topological polar surface area (TPSA) is 29.0 Å². The molecule has 0 bridgehead atoms. The van der Waals surface area contributed by atoms with Crippen LogP contribution in [0.5, 0.6) is 0 Å². The summed E-state index contributed by atoms with van der Waals surface area (Å²) in [6, 6.07) is 0.217. The number of aromatic nitrogens is 2. The van der Waals surface area contributed by atoms with Crippen molar-refractivity contribution in [1.29, 1.82) is 0 Å². The van der Waals surface area contributed by atoms with E-state index in [0.29, 0.717) is 10.3 Å². The van der Waals surface area contributed by atoms with E-state index in [0.717, 1.165) is 29.4 Å². The maximum absolute atomic E-state index is 6.03. The fourth-order valence-corrected chi connectivity index (χ4v) is 3.20. The molecule has 0 radical (unpaired) electrons. The Balaban J connectivity index is 2.32. The van der Waals surface area contributed by atoms with Crippen molar-refractivity contribution < 1.29 is 0 Å². The second-order valence-corrected chi connectivity index (χ2v) is 5.73. The molecule has 1 unspecified atom stereocenters. The van der Waals surface area contributed by atoms with Crippen LogP contribution in [0.15, 0.2) is 0 Å². The van der Waals surface area contributed by atoms with Gasteiger partial charge in [0, 0.05) is 23.6 Å². The fraction of sp³-hybridized carbons (Fsp3) is 0.600. The molecule has 88 valence electrons. The van der Waals surface area contributed by atoms with E-state index < -0.39 is 0 Å². The van der Waals surface area contributed by atoms with Gasteiger partial charge in [0.2, 0.25) is 0 Å². The fourth-order valence-electron chi connectivity index (χ4n) is 1.59. The van der Waals surface area contributed by atoms with E-state index in [1.54, 1.807) is 0 Å². The summed E-state index contributed by atoms with van der Waals surface area (Å²) in [6.07, 6.45) is 0. The van der Waals surface area contributed by atoms with E-state index >= 15 is 0 Å². The minimum absolute atomic E-state index is 0.217. The van der Waals surface area contributed by atoms with Crippen LogP contribution in [0.25, 0.3) is 0 Å². The number of nitrogens with zero attached hydrogens (tertiary/aromatic N) is 3. The van der Waals surface area contributed by atoms with E-state index in [2.05, 4.69) is 21.9 Å². The van der Waals surface area contributed by atoms with Gasteiger partial charge < -0.3 is 0 Å². The van der Waals surface area contributed by atoms with E-state index in [1.807, 2.05) is 18.7 Å². The van der Waals surface area contributed by atoms with Crippen LogP contribution in [0.1, 0.15) is 17.4 Å². The molecule has 0 aromatic carbocycles. The standard InChI is InChI=1S/C10H13Cl2N3S/c1-6-8(11)13-10(14-9(6)12)7-5-16-4-3-15(7)2/h7H,3-5H2,1-2H3. The van der Waals surface area contributed by atoms with Crippen LogP contribution < -0.4 is 0 Å². The normalized spacial score (nSPS) is 22.4. The SMILES string of the molecule is Cc1c(Cl)nc(C2CSCCN2C)nc1Cl. The first-order valence-electron chi connectivity index (χ1n) is 5.07. The Hall–Kier alpha value is -0.0300. The highest BCUT2D eigenvalue weighted by Crippen LogP contribution is 2.29. The van der Waals surface area contributed by atoms with Crippen molar-refractivity contribution in [2.75, 3.05) is 25.1 Å². The van der Waals surface area contributed by atoms with Gasteiger partial charge in [0.05, 0.1) is 6.04 Å². The molecule has 0 N–H and O–H groups in total. The quantitative estimate of drug-likeness (QED) is 0.739. The second-order valence-electron chi connectivity index (χ2n) is 3.86. The van der Waals surface area contributed by atoms with E-state index in [4.69, 9.17) is 23.2 Å². The highest BCUT2D eigenvalue weighted by molar-refractivity contribution is 7.99. The lowest BCUT2D eigenvalue weighted by Crippen LogP contribution is -2.33. The lowest BCUT2D eigenvalue weighted by Gasteiger charge is -2.30. The van der Waals surface area contributed by atoms with Gasteiger partial charge in [-0.05, 0) is 14.0 Å². The lowest BCUT2D eigenvalue weighted by atomic mass is 10.2. The van der Waals surface area contributed by atoms with Crippen LogP contribution in [-0.2, 0) is 0 Å². The van der Waals surface area contributed by atoms with Crippen LogP contribution in [0.3, 0.4) is 0 Å². The van der Waals surface area contributed by atoms with Crippen LogP contribution in [-0.4, -0.2) is 40.0 Å². The molecule has 1 aliphatic heterocycles. The van der Waals surface area contributed by atoms with E-state index in [9.17, 15) is 0 Å². The zero-order chi connectivity index (χ0) is 11.7. The lowest BCUT2D eigenvalue weighted by molar-refractivity contribution is 0.264. The molecule has 6 heteroatoms. The minimum Gasteiger partial charge on any atom is -0.295 e. The number of rotatable bonds is 1. The molecular weight excluding hydrogens is 265 g/mol. The van der Waals surface area contributed by atoms with Gasteiger partial charge in [-0.25, -0.2) is 9.97 Å². The molecule has 1 atom stereocenters. The summed E-state index contributed by atoms with van der Waals surface area (Å²) in [6.45, 7) is 2.87. The van der Waals surface area contributed by atoms with Gasteiger partial charge >= 0.3 is 0 Å². The Bertz CT molecular complexity index is 377. The molecular formula is C10H13Cl2N3S. The second kappa shape index (κ2) is 5.08. The molecule has 1 fully saturated rings. The van der Waals surface area contributed by atoms with Crippen LogP contribution >= 0.6 is 35.0 Å². The Labute approximate surface area is 110 Å². The Kier molecular flexibility index (Phi) is 3.95. The van der Waals surface area contributed by atoms with Crippen molar-refractivity contribution in [2.45, 2.75) is 13.0 Å². The summed E-state index contributed by atoms with van der Waals surface area (Å²) in [5, 5.41) is 0.915. The average molecular weight is 278 g/mol. The molecule has 0 spiro atoms. The number of thioether (sulfide) groups is 1. The average Bonchev–Trinajstić information content (AvgIpc) is 2.26. The number of halogens is 2. The van der Waals surface area contributed by atoms with Crippen LogP contribution in [0.2, 0.25) is 10.3 Å². The summed E-state index contributed by atoms with van der Waals surface area (Å²) in [7, 11) is 2.08. The number of hydrogen-bond donors (Lipinski definition) is 0.